The molecule has 0 aromatic heterocycles. The highest BCUT2D eigenvalue weighted by molar-refractivity contribution is 14.1. The second-order valence-electron chi connectivity index (χ2n) is 3.63. The first-order chi connectivity index (χ1) is 8.90. The molecule has 0 saturated carbocycles. The van der Waals surface area contributed by atoms with Crippen LogP contribution in [0.4, 0.5) is 13.2 Å². The van der Waals surface area contributed by atoms with Crippen molar-refractivity contribution < 1.29 is 36.0 Å². The molecule has 0 heterocycles. The van der Waals surface area contributed by atoms with Gasteiger partial charge in [0, 0.05) is 0 Å². The number of rotatable bonds is 4. The van der Waals surface area contributed by atoms with Crippen LogP contribution >= 0.6 is 45.2 Å². The second kappa shape index (κ2) is 6.39. The zero-order valence-corrected chi connectivity index (χ0v) is 14.5. The van der Waals surface area contributed by atoms with Crippen molar-refractivity contribution >= 4 is 55.3 Å². The van der Waals surface area contributed by atoms with Gasteiger partial charge in [0.25, 0.3) is 10.1 Å². The highest BCUT2D eigenvalue weighted by Gasteiger charge is 2.44. The van der Waals surface area contributed by atoms with Crippen LogP contribution in [0.15, 0.2) is 12.1 Å². The van der Waals surface area contributed by atoms with Crippen LogP contribution in [0, 0.1) is 7.14 Å². The number of halogens is 5. The van der Waals surface area contributed by atoms with Crippen molar-refractivity contribution in [2.45, 2.75) is 12.3 Å². The Bertz CT molecular complexity index is 579. The summed E-state index contributed by atoms with van der Waals surface area (Å²) >= 11 is 3.38. The summed E-state index contributed by atoms with van der Waals surface area (Å²) in [5.41, 5.74) is 0. The monoisotopic (exact) mass is 538 g/mol. The molecule has 1 rings (SSSR count). The fourth-order valence-electron chi connectivity index (χ4n) is 1.16. The van der Waals surface area contributed by atoms with Gasteiger partial charge in [-0.25, -0.2) is 0 Å². The minimum absolute atomic E-state index is 0.114. The molecule has 1 unspecified atom stereocenters. The van der Waals surface area contributed by atoms with Gasteiger partial charge in [-0.2, -0.15) is 21.6 Å². The van der Waals surface area contributed by atoms with Crippen LogP contribution in [0.1, 0.15) is 0 Å². The van der Waals surface area contributed by atoms with E-state index in [4.69, 9.17) is 4.55 Å². The van der Waals surface area contributed by atoms with E-state index in [0.717, 1.165) is 12.1 Å². The molecule has 0 saturated heterocycles. The molecular weight excluding hydrogens is 531 g/mol. The predicted octanol–water partition coefficient (Wildman–Crippen LogP) is 2.80. The Morgan fingerprint density at radius 2 is 1.70 bits per heavy atom. The molecule has 2 N–H and O–H groups in total. The van der Waals surface area contributed by atoms with E-state index >= 15 is 0 Å². The number of hydrogen-bond acceptors (Lipinski definition) is 4. The van der Waals surface area contributed by atoms with E-state index in [9.17, 15) is 26.7 Å². The Kier molecular flexibility index (Phi) is 5.76. The van der Waals surface area contributed by atoms with Crippen molar-refractivity contribution in [3.63, 3.8) is 0 Å². The molecule has 20 heavy (non-hydrogen) atoms. The summed E-state index contributed by atoms with van der Waals surface area (Å²) in [5, 5.41) is 9.48. The Balaban J connectivity index is 3.08. The summed E-state index contributed by atoms with van der Waals surface area (Å²) in [5.74, 6) is -1.98. The topological polar surface area (TPSA) is 83.8 Å². The maximum absolute atomic E-state index is 12.7. The molecule has 1 atom stereocenters. The predicted molar refractivity (Wildman–Crippen MR) is 80.4 cm³/mol. The van der Waals surface area contributed by atoms with Crippen molar-refractivity contribution in [2.75, 3.05) is 5.75 Å². The van der Waals surface area contributed by atoms with Crippen LogP contribution < -0.4 is 4.74 Å². The first kappa shape index (κ1) is 18.0. The van der Waals surface area contributed by atoms with Gasteiger partial charge in [-0.3, -0.25) is 4.55 Å². The fourth-order valence-corrected chi connectivity index (χ4v) is 3.51. The highest BCUT2D eigenvalue weighted by atomic mass is 127. The average Bonchev–Trinajstić information content (AvgIpc) is 2.21. The van der Waals surface area contributed by atoms with Gasteiger partial charge in [0.1, 0.15) is 17.3 Å². The van der Waals surface area contributed by atoms with Crippen molar-refractivity contribution in [1.82, 2.24) is 0 Å². The molecule has 1 aromatic carbocycles. The standard InChI is InChI=1S/C9H7F3I2O5S/c10-9(11,12)7(3-20(16,17)18)19-4-1-5(13)8(15)6(14)2-4/h1-2,7,15H,3H2,(H,16,17,18). The van der Waals surface area contributed by atoms with Gasteiger partial charge in [-0.1, -0.05) is 0 Å². The number of aromatic hydroxyl groups is 1. The number of phenols is 1. The molecule has 1 aromatic rings. The summed E-state index contributed by atoms with van der Waals surface area (Å²) in [6.45, 7) is 0. The van der Waals surface area contributed by atoms with Gasteiger partial charge in [0.15, 0.2) is 0 Å². The van der Waals surface area contributed by atoms with Crippen LogP contribution in [0.25, 0.3) is 0 Å². The molecule has 11 heteroatoms. The van der Waals surface area contributed by atoms with Gasteiger partial charge < -0.3 is 9.84 Å². The third-order valence-electron chi connectivity index (χ3n) is 2.00. The summed E-state index contributed by atoms with van der Waals surface area (Å²) in [4.78, 5) is 0. The molecule has 0 spiro atoms. The first-order valence-electron chi connectivity index (χ1n) is 4.76. The van der Waals surface area contributed by atoms with Gasteiger partial charge in [0.05, 0.1) is 7.14 Å². The molecule has 114 valence electrons. The zero-order valence-electron chi connectivity index (χ0n) is 9.36. The molecule has 5 nitrogen and oxygen atoms in total. The highest BCUT2D eigenvalue weighted by Crippen LogP contribution is 2.33. The third kappa shape index (κ3) is 5.40. The minimum Gasteiger partial charge on any atom is -0.506 e. The zero-order chi connectivity index (χ0) is 15.7. The summed E-state index contributed by atoms with van der Waals surface area (Å²) in [6.07, 6.45) is -7.67. The first-order valence-corrected chi connectivity index (χ1v) is 8.53. The van der Waals surface area contributed by atoms with E-state index < -0.39 is 28.2 Å². The number of hydrogen-bond donors (Lipinski definition) is 2. The van der Waals surface area contributed by atoms with Crippen molar-refractivity contribution in [2.24, 2.45) is 0 Å². The van der Waals surface area contributed by atoms with Gasteiger partial charge in [-0.15, -0.1) is 0 Å². The summed E-state index contributed by atoms with van der Waals surface area (Å²) < 4.78 is 72.8. The SMILES string of the molecule is O=S(=O)(O)CC(Oc1cc(I)c(O)c(I)c1)C(F)(F)F. The largest absolute Gasteiger partial charge is 0.506 e. The number of phenolic OH excluding ortho intramolecular Hbond substituents is 1. The average molecular weight is 538 g/mol. The number of ether oxygens (including phenoxy) is 1. The molecule has 0 fully saturated rings. The molecule has 0 aliphatic rings. The van der Waals surface area contributed by atoms with Gasteiger partial charge in [-0.05, 0) is 57.3 Å². The van der Waals surface area contributed by atoms with E-state index in [0.29, 0.717) is 0 Å². The van der Waals surface area contributed by atoms with Crippen molar-refractivity contribution in [3.8, 4) is 11.5 Å². The molecule has 0 amide bonds. The van der Waals surface area contributed by atoms with Gasteiger partial charge >= 0.3 is 6.18 Å². The van der Waals surface area contributed by atoms with E-state index in [2.05, 4.69) is 4.74 Å². The van der Waals surface area contributed by atoms with Crippen LogP contribution in [0.2, 0.25) is 0 Å². The lowest BCUT2D eigenvalue weighted by molar-refractivity contribution is -0.188. The van der Waals surface area contributed by atoms with Crippen molar-refractivity contribution in [1.29, 1.82) is 0 Å². The maximum Gasteiger partial charge on any atom is 0.426 e. The Hall–Kier alpha value is -0.0200. The van der Waals surface area contributed by atoms with E-state index in [1.54, 1.807) is 45.2 Å². The van der Waals surface area contributed by atoms with E-state index in [-0.39, 0.29) is 18.6 Å². The molecule has 0 aliphatic heterocycles. The third-order valence-corrected chi connectivity index (χ3v) is 4.36. The molecule has 0 bridgehead atoms. The maximum atomic E-state index is 12.7. The lowest BCUT2D eigenvalue weighted by Crippen LogP contribution is -2.40. The van der Waals surface area contributed by atoms with Crippen LogP contribution in [0.5, 0.6) is 11.5 Å². The second-order valence-corrected chi connectivity index (χ2v) is 7.45. The van der Waals surface area contributed by atoms with Gasteiger partial charge in [0.2, 0.25) is 6.10 Å². The number of benzene rings is 1. The molecule has 0 radical (unpaired) electrons. The van der Waals surface area contributed by atoms with Crippen LogP contribution in [-0.2, 0) is 10.1 Å². The minimum atomic E-state index is -4.97. The summed E-state index contributed by atoms with van der Waals surface area (Å²) in [7, 11) is -4.85. The number of alkyl halides is 3. The van der Waals surface area contributed by atoms with Crippen molar-refractivity contribution in [3.05, 3.63) is 19.3 Å². The Labute approximate surface area is 139 Å². The smallest absolute Gasteiger partial charge is 0.426 e. The van der Waals surface area contributed by atoms with E-state index in [1.807, 2.05) is 0 Å². The molecule has 0 aliphatic carbocycles. The normalized spacial score (nSPS) is 14.1. The fraction of sp³-hybridized carbons (Fsp3) is 0.333. The van der Waals surface area contributed by atoms with Crippen LogP contribution in [0.3, 0.4) is 0 Å². The quantitative estimate of drug-likeness (QED) is 0.456. The lowest BCUT2D eigenvalue weighted by atomic mass is 10.3. The Morgan fingerprint density at radius 3 is 2.05 bits per heavy atom. The van der Waals surface area contributed by atoms with Crippen LogP contribution in [-0.4, -0.2) is 36.1 Å². The molecular formula is C9H7F3I2O5S. The Morgan fingerprint density at radius 1 is 1.25 bits per heavy atom. The lowest BCUT2D eigenvalue weighted by Gasteiger charge is -2.21. The van der Waals surface area contributed by atoms with E-state index in [1.165, 1.54) is 0 Å². The summed E-state index contributed by atoms with van der Waals surface area (Å²) in [6, 6.07) is 2.25.